The zero-order chi connectivity index (χ0) is 14.2. The van der Waals surface area contributed by atoms with Crippen LogP contribution in [0.2, 0.25) is 0 Å². The summed E-state index contributed by atoms with van der Waals surface area (Å²) < 4.78 is 5.58. The minimum Gasteiger partial charge on any atom is -0.494 e. The molecule has 1 fully saturated rings. The van der Waals surface area contributed by atoms with E-state index < -0.39 is 0 Å². The summed E-state index contributed by atoms with van der Waals surface area (Å²) in [6, 6.07) is 9.98. The molecule has 0 atom stereocenters. The molecular formula is C16H23NO3. The SMILES string of the molecule is O=C(CCCOc1ccccc1)N(CCO)C1CCC1. The number of nitrogens with zero attached hydrogens (tertiary/aromatic N) is 1. The molecule has 4 heteroatoms. The second kappa shape index (κ2) is 7.90. The number of carbonyl (C=O) groups is 1. The topological polar surface area (TPSA) is 49.8 Å². The molecule has 0 radical (unpaired) electrons. The number of hydrogen-bond acceptors (Lipinski definition) is 3. The number of rotatable bonds is 8. The second-order valence-corrected chi connectivity index (χ2v) is 5.16. The Bertz CT molecular complexity index is 403. The van der Waals surface area contributed by atoms with Gasteiger partial charge in [-0.2, -0.15) is 0 Å². The first-order valence-corrected chi connectivity index (χ1v) is 7.39. The van der Waals surface area contributed by atoms with Crippen LogP contribution >= 0.6 is 0 Å². The number of carbonyl (C=O) groups excluding carboxylic acids is 1. The van der Waals surface area contributed by atoms with Crippen molar-refractivity contribution in [1.29, 1.82) is 0 Å². The lowest BCUT2D eigenvalue weighted by atomic mass is 9.91. The summed E-state index contributed by atoms with van der Waals surface area (Å²) in [6.45, 7) is 1.05. The van der Waals surface area contributed by atoms with Gasteiger partial charge in [0.25, 0.3) is 0 Å². The third-order valence-corrected chi connectivity index (χ3v) is 3.72. The van der Waals surface area contributed by atoms with Crippen molar-refractivity contribution in [3.8, 4) is 5.75 Å². The number of para-hydroxylation sites is 1. The molecule has 0 saturated heterocycles. The number of benzene rings is 1. The third kappa shape index (κ3) is 4.23. The maximum Gasteiger partial charge on any atom is 0.223 e. The zero-order valence-electron chi connectivity index (χ0n) is 11.8. The number of hydrogen-bond donors (Lipinski definition) is 1. The Hall–Kier alpha value is -1.55. The second-order valence-electron chi connectivity index (χ2n) is 5.16. The lowest BCUT2D eigenvalue weighted by Crippen LogP contribution is -2.45. The van der Waals surface area contributed by atoms with E-state index in [0.29, 0.717) is 32.0 Å². The van der Waals surface area contributed by atoms with Gasteiger partial charge in [0.05, 0.1) is 13.2 Å². The maximum atomic E-state index is 12.1. The van der Waals surface area contributed by atoms with Gasteiger partial charge in [0, 0.05) is 19.0 Å². The fraction of sp³-hybridized carbons (Fsp3) is 0.562. The van der Waals surface area contributed by atoms with E-state index in [9.17, 15) is 4.79 Å². The fourth-order valence-electron chi connectivity index (χ4n) is 2.39. The summed E-state index contributed by atoms with van der Waals surface area (Å²) >= 11 is 0. The summed E-state index contributed by atoms with van der Waals surface area (Å²) in [6.07, 6.45) is 4.54. The van der Waals surface area contributed by atoms with Gasteiger partial charge in [0.1, 0.15) is 5.75 Å². The van der Waals surface area contributed by atoms with E-state index in [1.54, 1.807) is 0 Å². The Balaban J connectivity index is 1.68. The minimum atomic E-state index is 0.0444. The summed E-state index contributed by atoms with van der Waals surface area (Å²) in [4.78, 5) is 14.0. The van der Waals surface area contributed by atoms with E-state index in [4.69, 9.17) is 9.84 Å². The Morgan fingerprint density at radius 2 is 2.05 bits per heavy atom. The molecule has 0 bridgehead atoms. The average molecular weight is 277 g/mol. The van der Waals surface area contributed by atoms with Crippen LogP contribution in [0.5, 0.6) is 5.75 Å². The molecule has 0 aromatic heterocycles. The average Bonchev–Trinajstić information content (AvgIpc) is 2.42. The number of aliphatic hydroxyl groups excluding tert-OH is 1. The zero-order valence-corrected chi connectivity index (χ0v) is 11.8. The highest BCUT2D eigenvalue weighted by atomic mass is 16.5. The monoisotopic (exact) mass is 277 g/mol. The molecule has 0 unspecified atom stereocenters. The van der Waals surface area contributed by atoms with E-state index in [2.05, 4.69) is 0 Å². The molecule has 0 aliphatic heterocycles. The first-order chi connectivity index (χ1) is 9.81. The van der Waals surface area contributed by atoms with Gasteiger partial charge in [0.15, 0.2) is 0 Å². The molecule has 0 spiro atoms. The van der Waals surface area contributed by atoms with Gasteiger partial charge in [-0.15, -0.1) is 0 Å². The molecule has 1 aromatic carbocycles. The van der Waals surface area contributed by atoms with Crippen molar-refractivity contribution in [2.45, 2.75) is 38.1 Å². The normalized spacial score (nSPS) is 14.7. The van der Waals surface area contributed by atoms with Crippen LogP contribution in [0.1, 0.15) is 32.1 Å². The van der Waals surface area contributed by atoms with Crippen molar-refractivity contribution in [2.24, 2.45) is 0 Å². The van der Waals surface area contributed by atoms with E-state index in [1.165, 1.54) is 6.42 Å². The molecule has 2 rings (SSSR count). The first kappa shape index (κ1) is 14.9. The lowest BCUT2D eigenvalue weighted by Gasteiger charge is -2.37. The maximum absolute atomic E-state index is 12.1. The Labute approximate surface area is 120 Å². The van der Waals surface area contributed by atoms with Gasteiger partial charge >= 0.3 is 0 Å². The van der Waals surface area contributed by atoms with Crippen LogP contribution in [0, 0.1) is 0 Å². The van der Waals surface area contributed by atoms with Crippen LogP contribution in [-0.4, -0.2) is 41.7 Å². The smallest absolute Gasteiger partial charge is 0.223 e. The van der Waals surface area contributed by atoms with E-state index >= 15 is 0 Å². The molecule has 1 amide bonds. The molecule has 1 aliphatic rings. The van der Waals surface area contributed by atoms with E-state index in [-0.39, 0.29) is 12.5 Å². The highest BCUT2D eigenvalue weighted by molar-refractivity contribution is 5.76. The first-order valence-electron chi connectivity index (χ1n) is 7.39. The van der Waals surface area contributed by atoms with Crippen molar-refractivity contribution in [3.05, 3.63) is 30.3 Å². The number of aliphatic hydroxyl groups is 1. The van der Waals surface area contributed by atoms with Gasteiger partial charge in [-0.05, 0) is 37.8 Å². The standard InChI is InChI=1S/C16H23NO3/c18-12-11-17(14-6-4-7-14)16(19)10-5-13-20-15-8-2-1-3-9-15/h1-3,8-9,14,18H,4-7,10-13H2. The molecule has 1 saturated carbocycles. The summed E-state index contributed by atoms with van der Waals surface area (Å²) in [5.74, 6) is 0.978. The fourth-order valence-corrected chi connectivity index (χ4v) is 2.39. The molecular weight excluding hydrogens is 254 g/mol. The van der Waals surface area contributed by atoms with Crippen LogP contribution < -0.4 is 4.74 Å². The van der Waals surface area contributed by atoms with Crippen LogP contribution in [0.3, 0.4) is 0 Å². The van der Waals surface area contributed by atoms with Gasteiger partial charge in [0.2, 0.25) is 5.91 Å². The Morgan fingerprint density at radius 3 is 2.65 bits per heavy atom. The van der Waals surface area contributed by atoms with Gasteiger partial charge in [-0.25, -0.2) is 0 Å². The van der Waals surface area contributed by atoms with Crippen molar-refractivity contribution in [3.63, 3.8) is 0 Å². The van der Waals surface area contributed by atoms with Crippen molar-refractivity contribution in [2.75, 3.05) is 19.8 Å². The quantitative estimate of drug-likeness (QED) is 0.741. The highest BCUT2D eigenvalue weighted by Crippen LogP contribution is 2.25. The van der Waals surface area contributed by atoms with Crippen molar-refractivity contribution < 1.29 is 14.6 Å². The van der Waals surface area contributed by atoms with Crippen LogP contribution in [0.25, 0.3) is 0 Å². The van der Waals surface area contributed by atoms with E-state index in [0.717, 1.165) is 18.6 Å². The molecule has 20 heavy (non-hydrogen) atoms. The van der Waals surface area contributed by atoms with Crippen LogP contribution in [0.15, 0.2) is 30.3 Å². The molecule has 4 nitrogen and oxygen atoms in total. The molecule has 1 aromatic rings. The molecule has 1 N–H and O–H groups in total. The number of amides is 1. The van der Waals surface area contributed by atoms with Crippen molar-refractivity contribution in [1.82, 2.24) is 4.90 Å². The van der Waals surface area contributed by atoms with Crippen LogP contribution in [-0.2, 0) is 4.79 Å². The predicted molar refractivity (Wildman–Crippen MR) is 77.6 cm³/mol. The largest absolute Gasteiger partial charge is 0.494 e. The molecule has 110 valence electrons. The molecule has 1 aliphatic carbocycles. The predicted octanol–water partition coefficient (Wildman–Crippen LogP) is 2.22. The van der Waals surface area contributed by atoms with Gasteiger partial charge in [-0.1, -0.05) is 18.2 Å². The van der Waals surface area contributed by atoms with Gasteiger partial charge < -0.3 is 14.7 Å². The third-order valence-electron chi connectivity index (χ3n) is 3.72. The summed E-state index contributed by atoms with van der Waals surface area (Å²) in [5, 5.41) is 9.06. The minimum absolute atomic E-state index is 0.0444. The Kier molecular flexibility index (Phi) is 5.87. The summed E-state index contributed by atoms with van der Waals surface area (Å²) in [7, 11) is 0. The summed E-state index contributed by atoms with van der Waals surface area (Å²) in [5.41, 5.74) is 0. The van der Waals surface area contributed by atoms with E-state index in [1.807, 2.05) is 35.2 Å². The highest BCUT2D eigenvalue weighted by Gasteiger charge is 2.27. The van der Waals surface area contributed by atoms with Crippen LogP contribution in [0.4, 0.5) is 0 Å². The van der Waals surface area contributed by atoms with Gasteiger partial charge in [-0.3, -0.25) is 4.79 Å². The number of ether oxygens (including phenoxy) is 1. The molecule has 0 heterocycles. The lowest BCUT2D eigenvalue weighted by molar-refractivity contribution is -0.136. The Morgan fingerprint density at radius 1 is 1.30 bits per heavy atom. The van der Waals surface area contributed by atoms with Crippen molar-refractivity contribution >= 4 is 5.91 Å².